The summed E-state index contributed by atoms with van der Waals surface area (Å²) in [6, 6.07) is 12.9. The lowest BCUT2D eigenvalue weighted by Gasteiger charge is -2.22. The normalized spacial score (nSPS) is 14.7. The van der Waals surface area contributed by atoms with Crippen LogP contribution >= 0.6 is 0 Å². The van der Waals surface area contributed by atoms with Gasteiger partial charge in [-0.25, -0.2) is 4.79 Å². The molecule has 0 saturated heterocycles. The summed E-state index contributed by atoms with van der Waals surface area (Å²) in [6.07, 6.45) is -4.55. The molecule has 0 fully saturated rings. The number of alkyl halides is 3. The Morgan fingerprint density at radius 3 is 2.45 bits per heavy atom. The van der Waals surface area contributed by atoms with E-state index in [1.807, 2.05) is 0 Å². The van der Waals surface area contributed by atoms with Crippen molar-refractivity contribution in [2.75, 3.05) is 50.1 Å². The second-order valence-electron chi connectivity index (χ2n) is 9.01. The lowest BCUT2D eigenvalue weighted by molar-refractivity contribution is -0.154. The minimum atomic E-state index is -4.58. The van der Waals surface area contributed by atoms with Crippen molar-refractivity contribution >= 4 is 29.6 Å². The van der Waals surface area contributed by atoms with Crippen molar-refractivity contribution in [3.05, 3.63) is 59.7 Å². The van der Waals surface area contributed by atoms with E-state index in [4.69, 9.17) is 14.2 Å². The number of amides is 2. The van der Waals surface area contributed by atoms with Crippen LogP contribution in [0.5, 0.6) is 11.8 Å². The van der Waals surface area contributed by atoms with E-state index in [0.29, 0.717) is 36.5 Å². The number of carbonyl (C=O) groups is 2. The first-order valence-electron chi connectivity index (χ1n) is 13.2. The summed E-state index contributed by atoms with van der Waals surface area (Å²) < 4.78 is 53.9. The van der Waals surface area contributed by atoms with Crippen LogP contribution in [-0.2, 0) is 11.3 Å². The van der Waals surface area contributed by atoms with E-state index in [1.54, 1.807) is 55.5 Å². The number of aromatic nitrogens is 3. The molecule has 5 heterocycles. The monoisotopic (exact) mass is 589 g/mol. The lowest BCUT2D eigenvalue weighted by Crippen LogP contribution is -2.37. The third-order valence-corrected chi connectivity index (χ3v) is 5.80. The summed E-state index contributed by atoms with van der Waals surface area (Å²) in [7, 11) is 0. The highest BCUT2D eigenvalue weighted by atomic mass is 19.4. The molecule has 0 spiro atoms. The van der Waals surface area contributed by atoms with Crippen LogP contribution in [0.1, 0.15) is 29.3 Å². The van der Waals surface area contributed by atoms with Crippen LogP contribution in [-0.4, -0.2) is 77.5 Å². The molecular weight excluding hydrogens is 559 g/mol. The average Bonchev–Trinajstić information content (AvgIpc) is 2.96. The number of nitrogens with zero attached hydrogens (tertiary/aromatic N) is 4. The zero-order valence-electron chi connectivity index (χ0n) is 22.7. The number of anilines is 3. The number of hydrogen-bond donors (Lipinski definition) is 3. The fourth-order valence-electron chi connectivity index (χ4n) is 3.78. The third kappa shape index (κ3) is 9.38. The van der Waals surface area contributed by atoms with Gasteiger partial charge in [0, 0.05) is 30.9 Å². The van der Waals surface area contributed by atoms with Crippen LogP contribution in [0.2, 0.25) is 0 Å². The fraction of sp³-hybridized carbons (Fsp3) is 0.370. The van der Waals surface area contributed by atoms with Gasteiger partial charge in [0.15, 0.2) is 6.61 Å². The van der Waals surface area contributed by atoms with E-state index < -0.39 is 24.9 Å². The van der Waals surface area contributed by atoms with Gasteiger partial charge >= 0.3 is 18.3 Å². The van der Waals surface area contributed by atoms with Gasteiger partial charge in [-0.15, -0.1) is 0 Å². The molecule has 15 heteroatoms. The number of ether oxygens (including phenoxy) is 3. The summed E-state index contributed by atoms with van der Waals surface area (Å²) in [4.78, 5) is 38.6. The highest BCUT2D eigenvalue weighted by molar-refractivity contribution is 5.94. The minimum absolute atomic E-state index is 0.0153. The molecule has 0 radical (unpaired) electrons. The summed E-state index contributed by atoms with van der Waals surface area (Å²) in [5, 5.41) is 8.66. The van der Waals surface area contributed by atoms with Crippen molar-refractivity contribution in [3.63, 3.8) is 0 Å². The molecule has 0 unspecified atom stereocenters. The predicted octanol–water partition coefficient (Wildman–Crippen LogP) is 4.14. The maximum Gasteiger partial charge on any atom is 0.422 e. The quantitative estimate of drug-likeness (QED) is 0.408. The second kappa shape index (κ2) is 14.2. The van der Waals surface area contributed by atoms with Gasteiger partial charge in [-0.2, -0.15) is 28.1 Å². The predicted molar refractivity (Wildman–Crippen MR) is 146 cm³/mol. The van der Waals surface area contributed by atoms with E-state index in [0.717, 1.165) is 5.56 Å². The van der Waals surface area contributed by atoms with Gasteiger partial charge in [-0.05, 0) is 55.3 Å². The largest absolute Gasteiger partial charge is 0.492 e. The van der Waals surface area contributed by atoms with Gasteiger partial charge in [0.05, 0.1) is 13.2 Å². The number of carbonyl (C=O) groups excluding carboxylic acids is 2. The van der Waals surface area contributed by atoms with Crippen molar-refractivity contribution in [1.29, 1.82) is 0 Å². The Labute approximate surface area is 239 Å². The van der Waals surface area contributed by atoms with Crippen LogP contribution in [0.4, 0.5) is 35.5 Å². The number of nitrogens with one attached hydrogen (secondary N) is 3. The summed E-state index contributed by atoms with van der Waals surface area (Å²) in [6.45, 7) is 1.81. The Morgan fingerprint density at radius 1 is 1.00 bits per heavy atom. The van der Waals surface area contributed by atoms with Gasteiger partial charge in [0.2, 0.25) is 11.9 Å². The smallest absolute Gasteiger partial charge is 0.422 e. The van der Waals surface area contributed by atoms with Crippen LogP contribution in [0, 0.1) is 0 Å². The third-order valence-electron chi connectivity index (χ3n) is 5.80. The van der Waals surface area contributed by atoms with Gasteiger partial charge in [0.1, 0.15) is 12.4 Å². The Kier molecular flexibility index (Phi) is 10.2. The molecule has 3 N–H and O–H groups in total. The molecular formula is C27H30F3N7O5. The SMILES string of the molecule is CCOC(=O)N1CCCNC(=O)c2ccc(cc2)Nc2nc(nc(OCC(F)(F)F)n2)NCc2ccc(cc2)OCC1. The zero-order valence-corrected chi connectivity index (χ0v) is 22.7. The highest BCUT2D eigenvalue weighted by Crippen LogP contribution is 2.21. The first-order chi connectivity index (χ1) is 20.2. The minimum Gasteiger partial charge on any atom is -0.492 e. The average molecular weight is 590 g/mol. The molecule has 6 bridgehead atoms. The van der Waals surface area contributed by atoms with Gasteiger partial charge in [0.25, 0.3) is 5.91 Å². The molecule has 7 rings (SSSR count). The molecule has 224 valence electrons. The molecule has 4 aliphatic rings. The van der Waals surface area contributed by atoms with E-state index >= 15 is 0 Å². The van der Waals surface area contributed by atoms with Crippen molar-refractivity contribution in [3.8, 4) is 11.8 Å². The number of halogens is 3. The molecule has 2 aromatic carbocycles. The Morgan fingerprint density at radius 2 is 1.74 bits per heavy atom. The molecule has 2 amide bonds. The van der Waals surface area contributed by atoms with Gasteiger partial charge in [-0.1, -0.05) is 12.1 Å². The van der Waals surface area contributed by atoms with Gasteiger partial charge < -0.3 is 35.1 Å². The van der Waals surface area contributed by atoms with Crippen molar-refractivity contribution in [2.45, 2.75) is 26.1 Å². The van der Waals surface area contributed by atoms with E-state index in [1.165, 1.54) is 4.90 Å². The second-order valence-corrected chi connectivity index (χ2v) is 9.01. The van der Waals surface area contributed by atoms with Crippen molar-refractivity contribution in [1.82, 2.24) is 25.2 Å². The maximum absolute atomic E-state index is 12.7. The maximum atomic E-state index is 12.7. The van der Waals surface area contributed by atoms with E-state index in [-0.39, 0.29) is 44.1 Å². The topological polar surface area (TPSA) is 140 Å². The molecule has 0 saturated carbocycles. The zero-order chi connectivity index (χ0) is 30.0. The summed E-state index contributed by atoms with van der Waals surface area (Å²) in [5.74, 6) is 0.185. The van der Waals surface area contributed by atoms with Crippen LogP contribution in [0.15, 0.2) is 48.5 Å². The fourth-order valence-corrected chi connectivity index (χ4v) is 3.78. The van der Waals surface area contributed by atoms with Crippen molar-refractivity contribution in [2.24, 2.45) is 0 Å². The summed E-state index contributed by atoms with van der Waals surface area (Å²) >= 11 is 0. The Hall–Kier alpha value is -4.82. The number of rotatable bonds is 3. The number of hydrogen-bond acceptors (Lipinski definition) is 10. The molecule has 12 nitrogen and oxygen atoms in total. The molecule has 42 heavy (non-hydrogen) atoms. The molecule has 1 aromatic heterocycles. The standard InChI is InChI=1S/C27H30F3N7O5/c1-2-40-26(39)37-13-3-12-31-22(38)19-6-8-20(9-7-19)33-24-34-23(35-25(36-24)42-17-27(28,29)30)32-16-18-4-10-21(11-5-18)41-15-14-37/h4-11H,2-3,12-17H2,1H3,(H,31,38)(H2,32,33,34,35,36). The lowest BCUT2D eigenvalue weighted by atomic mass is 10.2. The molecule has 0 atom stereocenters. The Balaban J connectivity index is 1.55. The van der Waals surface area contributed by atoms with Crippen molar-refractivity contribution < 1.29 is 37.0 Å². The number of benzene rings is 2. The molecule has 3 aromatic rings. The van der Waals surface area contributed by atoms with Crippen LogP contribution < -0.4 is 25.4 Å². The molecule has 0 aliphatic carbocycles. The van der Waals surface area contributed by atoms with E-state index in [9.17, 15) is 22.8 Å². The first-order valence-corrected chi connectivity index (χ1v) is 13.2. The highest BCUT2D eigenvalue weighted by Gasteiger charge is 2.29. The van der Waals surface area contributed by atoms with Gasteiger partial charge in [-0.3, -0.25) is 4.79 Å². The Bertz CT molecular complexity index is 1340. The summed E-state index contributed by atoms with van der Waals surface area (Å²) in [5.41, 5.74) is 1.67. The molecule has 4 aliphatic heterocycles. The van der Waals surface area contributed by atoms with Crippen LogP contribution in [0.3, 0.4) is 0 Å². The van der Waals surface area contributed by atoms with E-state index in [2.05, 4.69) is 30.9 Å². The first kappa shape index (κ1) is 30.1. The van der Waals surface area contributed by atoms with Crippen LogP contribution in [0.25, 0.3) is 0 Å².